The van der Waals surface area contributed by atoms with Crippen LogP contribution in [-0.2, 0) is 10.0 Å². The second-order valence-electron chi connectivity index (χ2n) is 5.26. The first kappa shape index (κ1) is 15.1. The van der Waals surface area contributed by atoms with Crippen molar-refractivity contribution in [2.24, 2.45) is 0 Å². The second kappa shape index (κ2) is 5.77. The summed E-state index contributed by atoms with van der Waals surface area (Å²) in [6.45, 7) is 2.02. The Bertz CT molecular complexity index is 775. The summed E-state index contributed by atoms with van der Waals surface area (Å²) < 4.78 is 45.3. The van der Waals surface area contributed by atoms with Crippen LogP contribution in [0.4, 0.5) is 4.39 Å². The average Bonchev–Trinajstić information content (AvgIpc) is 2.94. The van der Waals surface area contributed by atoms with Crippen LogP contribution in [0.15, 0.2) is 33.7 Å². The third-order valence-corrected chi connectivity index (χ3v) is 5.60. The Morgan fingerprint density at radius 3 is 2.86 bits per heavy atom. The fourth-order valence-corrected chi connectivity index (χ4v) is 4.35. The second-order valence-corrected chi connectivity index (χ2v) is 7.15. The summed E-state index contributed by atoms with van der Waals surface area (Å²) in [6, 6.07) is 4.56. The maximum absolute atomic E-state index is 13.4. The summed E-state index contributed by atoms with van der Waals surface area (Å²) in [7, 11) is -3.80. The van der Waals surface area contributed by atoms with Crippen LogP contribution in [0.5, 0.6) is 0 Å². The zero-order chi connectivity index (χ0) is 15.7. The van der Waals surface area contributed by atoms with Crippen LogP contribution in [-0.4, -0.2) is 29.4 Å². The van der Waals surface area contributed by atoms with Crippen molar-refractivity contribution < 1.29 is 17.3 Å². The van der Waals surface area contributed by atoms with Gasteiger partial charge < -0.3 is 4.52 Å². The monoisotopic (exact) mass is 325 g/mol. The van der Waals surface area contributed by atoms with E-state index in [1.54, 1.807) is 6.92 Å². The fourth-order valence-electron chi connectivity index (χ4n) is 2.66. The van der Waals surface area contributed by atoms with E-state index in [2.05, 4.69) is 10.1 Å². The summed E-state index contributed by atoms with van der Waals surface area (Å²) in [4.78, 5) is 4.10. The molecule has 0 bridgehead atoms. The number of hydrogen-bond donors (Lipinski definition) is 0. The normalized spacial score (nSPS) is 20.2. The molecule has 8 heteroatoms. The van der Waals surface area contributed by atoms with Gasteiger partial charge in [0.05, 0.1) is 10.9 Å². The van der Waals surface area contributed by atoms with Crippen LogP contribution in [0.1, 0.15) is 37.0 Å². The zero-order valence-electron chi connectivity index (χ0n) is 12.1. The lowest BCUT2D eigenvalue weighted by Gasteiger charge is -2.32. The maximum atomic E-state index is 13.4. The van der Waals surface area contributed by atoms with Crippen LogP contribution in [0.3, 0.4) is 0 Å². The molecule has 1 aliphatic rings. The minimum atomic E-state index is -3.80. The minimum absolute atomic E-state index is 0.0559. The highest BCUT2D eigenvalue weighted by Gasteiger charge is 2.37. The van der Waals surface area contributed by atoms with Gasteiger partial charge >= 0.3 is 0 Å². The van der Waals surface area contributed by atoms with E-state index < -0.39 is 21.9 Å². The third kappa shape index (κ3) is 2.76. The predicted molar refractivity (Wildman–Crippen MR) is 75.9 cm³/mol. The van der Waals surface area contributed by atoms with Crippen LogP contribution in [0.2, 0.25) is 0 Å². The number of nitrogens with zero attached hydrogens (tertiary/aromatic N) is 3. The van der Waals surface area contributed by atoms with E-state index in [1.807, 2.05) is 0 Å². The summed E-state index contributed by atoms with van der Waals surface area (Å²) in [5.74, 6) is 0.172. The number of halogens is 1. The van der Waals surface area contributed by atoms with Gasteiger partial charge in [0.25, 0.3) is 0 Å². The molecule has 2 heterocycles. The van der Waals surface area contributed by atoms with Crippen molar-refractivity contribution in [1.29, 1.82) is 0 Å². The molecule has 1 aliphatic heterocycles. The Kier molecular flexibility index (Phi) is 3.96. The van der Waals surface area contributed by atoms with Crippen molar-refractivity contribution in [1.82, 2.24) is 14.4 Å². The Morgan fingerprint density at radius 2 is 2.18 bits per heavy atom. The van der Waals surface area contributed by atoms with Crippen molar-refractivity contribution in [2.45, 2.75) is 37.1 Å². The lowest BCUT2D eigenvalue weighted by molar-refractivity contribution is 0.240. The van der Waals surface area contributed by atoms with Crippen molar-refractivity contribution >= 4 is 10.0 Å². The SMILES string of the molecule is Cc1nc(C2CCCCN2S(=O)(=O)c2cccc(F)c2)no1. The molecular weight excluding hydrogens is 309 g/mol. The molecule has 0 amide bonds. The van der Waals surface area contributed by atoms with Gasteiger partial charge in [-0.15, -0.1) is 0 Å². The Labute approximate surface area is 128 Å². The molecule has 0 aliphatic carbocycles. The van der Waals surface area contributed by atoms with Crippen molar-refractivity contribution in [3.8, 4) is 0 Å². The summed E-state index contributed by atoms with van der Waals surface area (Å²) in [5, 5.41) is 3.85. The number of rotatable bonds is 3. The Morgan fingerprint density at radius 1 is 1.36 bits per heavy atom. The van der Waals surface area contributed by atoms with E-state index in [9.17, 15) is 12.8 Å². The summed E-state index contributed by atoms with van der Waals surface area (Å²) in [5.41, 5.74) is 0. The molecule has 3 rings (SSSR count). The van der Waals surface area contributed by atoms with Gasteiger partial charge in [-0.1, -0.05) is 17.6 Å². The first-order chi connectivity index (χ1) is 10.5. The van der Waals surface area contributed by atoms with Gasteiger partial charge in [-0.05, 0) is 31.0 Å². The van der Waals surface area contributed by atoms with E-state index in [4.69, 9.17) is 4.52 Å². The fraction of sp³-hybridized carbons (Fsp3) is 0.429. The van der Waals surface area contributed by atoms with Crippen LogP contribution < -0.4 is 0 Å². The molecule has 0 radical (unpaired) electrons. The number of aryl methyl sites for hydroxylation is 1. The minimum Gasteiger partial charge on any atom is -0.340 e. The molecule has 0 spiro atoms. The van der Waals surface area contributed by atoms with E-state index in [1.165, 1.54) is 22.5 Å². The molecule has 1 saturated heterocycles. The number of piperidine rings is 1. The number of sulfonamides is 1. The largest absolute Gasteiger partial charge is 0.340 e. The number of hydrogen-bond acceptors (Lipinski definition) is 5. The third-order valence-electron chi connectivity index (χ3n) is 3.70. The van der Waals surface area contributed by atoms with Crippen LogP contribution in [0, 0.1) is 12.7 Å². The van der Waals surface area contributed by atoms with Crippen molar-refractivity contribution in [3.63, 3.8) is 0 Å². The van der Waals surface area contributed by atoms with Gasteiger partial charge in [0, 0.05) is 13.5 Å². The molecule has 2 aromatic rings. The predicted octanol–water partition coefficient (Wildman–Crippen LogP) is 2.43. The molecular formula is C14H16FN3O3S. The number of benzene rings is 1. The van der Waals surface area contributed by atoms with Crippen molar-refractivity contribution in [2.75, 3.05) is 6.54 Å². The molecule has 0 saturated carbocycles. The summed E-state index contributed by atoms with van der Waals surface area (Å²) in [6.07, 6.45) is 2.25. The Hall–Kier alpha value is -1.80. The van der Waals surface area contributed by atoms with Gasteiger partial charge in [0.2, 0.25) is 15.9 Å². The molecule has 1 aromatic heterocycles. The van der Waals surface area contributed by atoms with Gasteiger partial charge in [-0.25, -0.2) is 12.8 Å². The quantitative estimate of drug-likeness (QED) is 0.866. The standard InChI is InChI=1S/C14H16FN3O3S/c1-10-16-14(17-21-10)13-7-2-3-8-18(13)22(19,20)12-6-4-5-11(15)9-12/h4-6,9,13H,2-3,7-8H2,1H3. The van der Waals surface area contributed by atoms with Crippen molar-refractivity contribution in [3.05, 3.63) is 41.8 Å². The van der Waals surface area contributed by atoms with Gasteiger partial charge in [-0.3, -0.25) is 0 Å². The highest BCUT2D eigenvalue weighted by molar-refractivity contribution is 7.89. The maximum Gasteiger partial charge on any atom is 0.243 e. The number of aromatic nitrogens is 2. The van der Waals surface area contributed by atoms with E-state index >= 15 is 0 Å². The Balaban J connectivity index is 1.99. The molecule has 118 valence electrons. The van der Waals surface area contributed by atoms with E-state index in [-0.39, 0.29) is 4.90 Å². The first-order valence-corrected chi connectivity index (χ1v) is 8.50. The van der Waals surface area contributed by atoms with Gasteiger partial charge in [0.15, 0.2) is 5.82 Å². The molecule has 1 atom stereocenters. The lowest BCUT2D eigenvalue weighted by Crippen LogP contribution is -2.39. The van der Waals surface area contributed by atoms with Crippen LogP contribution >= 0.6 is 0 Å². The highest BCUT2D eigenvalue weighted by Crippen LogP contribution is 2.34. The van der Waals surface area contributed by atoms with Crippen LogP contribution in [0.25, 0.3) is 0 Å². The molecule has 1 fully saturated rings. The lowest BCUT2D eigenvalue weighted by atomic mass is 10.0. The smallest absolute Gasteiger partial charge is 0.243 e. The molecule has 22 heavy (non-hydrogen) atoms. The molecule has 6 nitrogen and oxygen atoms in total. The first-order valence-electron chi connectivity index (χ1n) is 7.06. The molecule has 1 unspecified atom stereocenters. The highest BCUT2D eigenvalue weighted by atomic mass is 32.2. The molecule has 0 N–H and O–H groups in total. The average molecular weight is 325 g/mol. The summed E-state index contributed by atoms with van der Waals surface area (Å²) >= 11 is 0. The molecule has 1 aromatic carbocycles. The van der Waals surface area contributed by atoms with E-state index in [0.29, 0.717) is 24.7 Å². The van der Waals surface area contributed by atoms with E-state index in [0.717, 1.165) is 18.9 Å². The van der Waals surface area contributed by atoms with Gasteiger partial charge in [-0.2, -0.15) is 9.29 Å². The zero-order valence-corrected chi connectivity index (χ0v) is 12.9. The van der Waals surface area contributed by atoms with Gasteiger partial charge in [0.1, 0.15) is 5.82 Å². The topological polar surface area (TPSA) is 76.3 Å².